The second kappa shape index (κ2) is 8.06. The lowest BCUT2D eigenvalue weighted by atomic mass is 9.47. The van der Waals surface area contributed by atoms with Crippen molar-refractivity contribution in [3.8, 4) is 0 Å². The van der Waals surface area contributed by atoms with Crippen molar-refractivity contribution in [3.63, 3.8) is 0 Å². The summed E-state index contributed by atoms with van der Waals surface area (Å²) in [5.41, 5.74) is 2.83. The van der Waals surface area contributed by atoms with Crippen LogP contribution in [0.25, 0.3) is 0 Å². The molecule has 174 valence electrons. The molecule has 0 bridgehead atoms. The van der Waals surface area contributed by atoms with Gasteiger partial charge in [-0.2, -0.15) is 0 Å². The maximum Gasteiger partial charge on any atom is 0.169 e. The van der Waals surface area contributed by atoms with Gasteiger partial charge in [-0.3, -0.25) is 4.79 Å². The molecule has 0 saturated heterocycles. The zero-order chi connectivity index (χ0) is 22.7. The average Bonchev–Trinajstić information content (AvgIpc) is 3.11. The molecule has 1 aromatic rings. The molecular formula is C28H37BrO3. The maximum absolute atomic E-state index is 12.4. The number of ketones is 1. The number of allylic oxidation sites excluding steroid dienone is 1. The summed E-state index contributed by atoms with van der Waals surface area (Å²) in [6.45, 7) is 7.09. The summed E-state index contributed by atoms with van der Waals surface area (Å²) in [4.78, 5) is 12.4. The van der Waals surface area contributed by atoms with Gasteiger partial charge in [0.2, 0.25) is 0 Å². The summed E-state index contributed by atoms with van der Waals surface area (Å²) < 4.78 is 7.16. The van der Waals surface area contributed by atoms with Crippen LogP contribution in [0.2, 0.25) is 0 Å². The third kappa shape index (κ3) is 3.65. The number of aliphatic hydroxyl groups is 1. The summed E-state index contributed by atoms with van der Waals surface area (Å²) in [5, 5.41) is 11.3. The molecule has 5 rings (SSSR count). The van der Waals surface area contributed by atoms with Crippen molar-refractivity contribution >= 4 is 21.7 Å². The zero-order valence-electron chi connectivity index (χ0n) is 19.7. The number of fused-ring (bicyclic) bond motifs is 5. The van der Waals surface area contributed by atoms with Gasteiger partial charge >= 0.3 is 0 Å². The SMILES string of the molecule is CC(=O)[C@H]1CCC2C3CC=C4C[C@@](O)(OCc5cccc(Br)c5)CC[C@]4(C)C3CC[C@@]21C. The van der Waals surface area contributed by atoms with Gasteiger partial charge in [0.25, 0.3) is 0 Å². The van der Waals surface area contributed by atoms with Gasteiger partial charge in [0.05, 0.1) is 6.61 Å². The molecule has 4 aliphatic carbocycles. The lowest BCUT2D eigenvalue weighted by molar-refractivity contribution is -0.231. The molecule has 3 nitrogen and oxygen atoms in total. The molecule has 0 radical (unpaired) electrons. The Labute approximate surface area is 201 Å². The van der Waals surface area contributed by atoms with E-state index in [1.165, 1.54) is 24.8 Å². The number of hydrogen-bond donors (Lipinski definition) is 1. The van der Waals surface area contributed by atoms with Crippen molar-refractivity contribution in [1.29, 1.82) is 0 Å². The van der Waals surface area contributed by atoms with Gasteiger partial charge in [-0.1, -0.05) is 53.6 Å². The largest absolute Gasteiger partial charge is 0.365 e. The van der Waals surface area contributed by atoms with E-state index in [-0.39, 0.29) is 16.7 Å². The number of ether oxygens (including phenoxy) is 1. The Kier molecular flexibility index (Phi) is 5.74. The minimum Gasteiger partial charge on any atom is -0.365 e. The highest BCUT2D eigenvalue weighted by Gasteiger charge is 2.60. The van der Waals surface area contributed by atoms with Crippen molar-refractivity contribution in [2.24, 2.45) is 34.5 Å². The Morgan fingerprint density at radius 1 is 1.16 bits per heavy atom. The molecule has 4 heteroatoms. The highest BCUT2D eigenvalue weighted by atomic mass is 79.9. The monoisotopic (exact) mass is 500 g/mol. The second-order valence-electron chi connectivity index (χ2n) is 11.6. The molecular weight excluding hydrogens is 464 g/mol. The normalized spacial score (nSPS) is 43.1. The van der Waals surface area contributed by atoms with Crippen molar-refractivity contribution in [2.45, 2.75) is 84.5 Å². The van der Waals surface area contributed by atoms with Crippen LogP contribution in [0.1, 0.15) is 77.7 Å². The number of halogens is 1. The molecule has 4 aliphatic rings. The van der Waals surface area contributed by atoms with Crippen LogP contribution in [-0.2, 0) is 16.1 Å². The van der Waals surface area contributed by atoms with Gasteiger partial charge in [-0.05, 0) is 91.7 Å². The Morgan fingerprint density at radius 3 is 2.72 bits per heavy atom. The second-order valence-corrected chi connectivity index (χ2v) is 12.5. The van der Waals surface area contributed by atoms with Crippen LogP contribution in [0.15, 0.2) is 40.4 Å². The van der Waals surface area contributed by atoms with E-state index in [1.807, 2.05) is 18.2 Å². The van der Waals surface area contributed by atoms with Gasteiger partial charge in [-0.15, -0.1) is 0 Å². The molecule has 3 fully saturated rings. The molecule has 0 heterocycles. The number of carbonyl (C=O) groups excluding carboxylic acids is 1. The lowest BCUT2D eigenvalue weighted by Crippen LogP contribution is -2.52. The predicted molar refractivity (Wildman–Crippen MR) is 130 cm³/mol. The Morgan fingerprint density at radius 2 is 1.97 bits per heavy atom. The van der Waals surface area contributed by atoms with Gasteiger partial charge < -0.3 is 9.84 Å². The first-order valence-corrected chi connectivity index (χ1v) is 13.2. The van der Waals surface area contributed by atoms with Crippen LogP contribution >= 0.6 is 15.9 Å². The molecule has 1 N–H and O–H groups in total. The topological polar surface area (TPSA) is 46.5 Å². The van der Waals surface area contributed by atoms with Crippen molar-refractivity contribution in [2.75, 3.05) is 0 Å². The summed E-state index contributed by atoms with van der Waals surface area (Å²) in [6, 6.07) is 8.10. The van der Waals surface area contributed by atoms with E-state index in [0.717, 1.165) is 29.3 Å². The van der Waals surface area contributed by atoms with Crippen LogP contribution in [0, 0.1) is 34.5 Å². The third-order valence-corrected chi connectivity index (χ3v) is 10.5. The van der Waals surface area contributed by atoms with Crippen LogP contribution in [0.4, 0.5) is 0 Å². The molecule has 0 aliphatic heterocycles. The van der Waals surface area contributed by atoms with Crippen LogP contribution in [0.3, 0.4) is 0 Å². The van der Waals surface area contributed by atoms with Gasteiger partial charge in [0, 0.05) is 23.2 Å². The third-order valence-electron chi connectivity index (χ3n) is 10.0. The van der Waals surface area contributed by atoms with Crippen LogP contribution in [-0.4, -0.2) is 16.7 Å². The molecule has 0 amide bonds. The highest BCUT2D eigenvalue weighted by molar-refractivity contribution is 9.10. The first-order chi connectivity index (χ1) is 15.1. The fraction of sp³-hybridized carbons (Fsp3) is 0.679. The molecule has 32 heavy (non-hydrogen) atoms. The first kappa shape index (κ1) is 22.8. The van der Waals surface area contributed by atoms with E-state index in [9.17, 15) is 9.90 Å². The van der Waals surface area contributed by atoms with Crippen molar-refractivity contribution in [1.82, 2.24) is 0 Å². The van der Waals surface area contributed by atoms with E-state index in [4.69, 9.17) is 4.74 Å². The minimum atomic E-state index is -1.07. The fourth-order valence-electron chi connectivity index (χ4n) is 8.25. The minimum absolute atomic E-state index is 0.157. The summed E-state index contributed by atoms with van der Waals surface area (Å²) >= 11 is 3.52. The highest BCUT2D eigenvalue weighted by Crippen LogP contribution is 2.66. The number of rotatable bonds is 4. The quantitative estimate of drug-likeness (QED) is 0.364. The predicted octanol–water partition coefficient (Wildman–Crippen LogP) is 6.82. The van der Waals surface area contributed by atoms with E-state index in [1.54, 1.807) is 6.92 Å². The van der Waals surface area contributed by atoms with Gasteiger partial charge in [0.15, 0.2) is 5.79 Å². The summed E-state index contributed by atoms with van der Waals surface area (Å²) in [5.74, 6) is 1.60. The summed E-state index contributed by atoms with van der Waals surface area (Å²) in [6.07, 6.45) is 10.5. The molecule has 1 aromatic carbocycles. The maximum atomic E-state index is 12.4. The zero-order valence-corrected chi connectivity index (χ0v) is 21.3. The van der Waals surface area contributed by atoms with Crippen molar-refractivity contribution in [3.05, 3.63) is 46.0 Å². The van der Waals surface area contributed by atoms with Gasteiger partial charge in [0.1, 0.15) is 5.78 Å². The van der Waals surface area contributed by atoms with Crippen molar-refractivity contribution < 1.29 is 14.6 Å². The summed E-state index contributed by atoms with van der Waals surface area (Å²) in [7, 11) is 0. The lowest BCUT2D eigenvalue weighted by Gasteiger charge is -2.58. The van der Waals surface area contributed by atoms with Crippen LogP contribution in [0.5, 0.6) is 0 Å². The Bertz CT molecular complexity index is 940. The molecule has 7 atom stereocenters. The molecule has 0 spiro atoms. The number of hydrogen-bond acceptors (Lipinski definition) is 3. The van der Waals surface area contributed by atoms with Crippen LogP contribution < -0.4 is 0 Å². The van der Waals surface area contributed by atoms with E-state index in [2.05, 4.69) is 41.9 Å². The average molecular weight is 502 g/mol. The number of carbonyl (C=O) groups is 1. The Balaban J connectivity index is 1.33. The number of Topliss-reactive ketones (excluding diaryl/α,β-unsaturated/α-hetero) is 1. The Hall–Kier alpha value is -0.970. The molecule has 0 aromatic heterocycles. The molecule has 3 saturated carbocycles. The van der Waals surface area contributed by atoms with E-state index < -0.39 is 5.79 Å². The number of benzene rings is 1. The first-order valence-electron chi connectivity index (χ1n) is 12.5. The van der Waals surface area contributed by atoms with E-state index >= 15 is 0 Å². The fourth-order valence-corrected chi connectivity index (χ4v) is 8.70. The molecule has 3 unspecified atom stereocenters. The standard InChI is InChI=1S/C28H37BrO3/c1-18(30)23-9-10-24-22-8-7-20-16-28(31,32-17-19-5-4-6-21(29)15-19)14-13-26(20,2)25(22)11-12-27(23,24)3/h4-7,15,22-25,31H,8-14,16-17H2,1-3H3/t22?,23-,24?,25?,26+,27-,28+/m1/s1. The van der Waals surface area contributed by atoms with Gasteiger partial charge in [-0.25, -0.2) is 0 Å². The van der Waals surface area contributed by atoms with E-state index in [0.29, 0.717) is 43.0 Å². The smallest absolute Gasteiger partial charge is 0.169 e.